The lowest BCUT2D eigenvalue weighted by molar-refractivity contribution is 0.660. The number of benzene rings is 11. The molecule has 0 N–H and O–H groups in total. The van der Waals surface area contributed by atoms with E-state index in [1.807, 2.05) is 11.8 Å². The van der Waals surface area contributed by atoms with Crippen LogP contribution in [0.4, 0.5) is 34.1 Å². The Morgan fingerprint density at radius 2 is 0.811 bits per heavy atom. The van der Waals surface area contributed by atoms with Gasteiger partial charge in [-0.2, -0.15) is 0 Å². The fraction of sp³-hybridized carbons (Fsp3) is 0.0571. The van der Waals surface area contributed by atoms with Gasteiger partial charge in [0.1, 0.15) is 0 Å². The van der Waals surface area contributed by atoms with Gasteiger partial charge in [-0.15, -0.1) is 0 Å². The van der Waals surface area contributed by atoms with E-state index in [4.69, 9.17) is 0 Å². The number of hydrogen-bond donors (Lipinski definition) is 0. The van der Waals surface area contributed by atoms with Crippen molar-refractivity contribution in [3.63, 3.8) is 0 Å². The molecule has 0 radical (unpaired) electrons. The third kappa shape index (κ3) is 6.03. The van der Waals surface area contributed by atoms with E-state index in [0.717, 1.165) is 45.3 Å². The summed E-state index contributed by atoms with van der Waals surface area (Å²) in [6, 6.07) is 97.0. The van der Waals surface area contributed by atoms with E-state index in [2.05, 4.69) is 289 Å². The Morgan fingerprint density at radius 1 is 0.338 bits per heavy atom. The van der Waals surface area contributed by atoms with Crippen LogP contribution in [0.25, 0.3) is 49.7 Å². The minimum atomic E-state index is -0.606. The Hall–Kier alpha value is -8.83. The Balaban J connectivity index is 1.04. The zero-order chi connectivity index (χ0) is 49.1. The SMILES string of the molecule is CC1(C)c2ccccc2-c2cc(N(c3ccccc3)c3ccc4c(c3)Sc3c(ccc5c3c3c(N(c6ccccc6)c6ccccc6)cccc3n5-c3ccccc3)C43c4ccccc4-c4ccccc43)ccc21. The van der Waals surface area contributed by atoms with Gasteiger partial charge in [0.25, 0.3) is 0 Å². The smallest absolute Gasteiger partial charge is 0.0735 e. The molecule has 15 rings (SSSR count). The number of aromatic nitrogens is 1. The lowest BCUT2D eigenvalue weighted by atomic mass is 9.67. The van der Waals surface area contributed by atoms with Crippen LogP contribution < -0.4 is 9.80 Å². The van der Waals surface area contributed by atoms with Crippen molar-refractivity contribution in [2.45, 2.75) is 34.5 Å². The molecular formula is C70H49N3S. The van der Waals surface area contributed by atoms with Gasteiger partial charge in [-0.1, -0.05) is 195 Å². The third-order valence-corrected chi connectivity index (χ3v) is 17.4. The Morgan fingerprint density at radius 3 is 1.43 bits per heavy atom. The highest BCUT2D eigenvalue weighted by molar-refractivity contribution is 7.99. The molecule has 0 saturated heterocycles. The number of fused-ring (bicyclic) bond motifs is 16. The number of nitrogens with zero attached hydrogens (tertiary/aromatic N) is 3. The van der Waals surface area contributed by atoms with Gasteiger partial charge >= 0.3 is 0 Å². The molecular weight excluding hydrogens is 915 g/mol. The average molecular weight is 964 g/mol. The molecule has 0 atom stereocenters. The van der Waals surface area contributed by atoms with Gasteiger partial charge in [0.2, 0.25) is 0 Å². The Kier molecular flexibility index (Phi) is 9.46. The zero-order valence-corrected chi connectivity index (χ0v) is 41.9. The van der Waals surface area contributed by atoms with Crippen molar-refractivity contribution in [1.29, 1.82) is 0 Å². The molecule has 11 aromatic carbocycles. The van der Waals surface area contributed by atoms with Gasteiger partial charge in [-0.25, -0.2) is 0 Å². The van der Waals surface area contributed by atoms with Gasteiger partial charge in [0.05, 0.1) is 22.1 Å². The monoisotopic (exact) mass is 963 g/mol. The summed E-state index contributed by atoms with van der Waals surface area (Å²) in [5.74, 6) is 0. The average Bonchev–Trinajstić information content (AvgIpc) is 4.16. The first-order valence-electron chi connectivity index (χ1n) is 25.7. The molecule has 0 unspecified atom stereocenters. The maximum atomic E-state index is 2.49. The van der Waals surface area contributed by atoms with Crippen molar-refractivity contribution in [3.8, 4) is 27.9 Å². The van der Waals surface area contributed by atoms with E-state index >= 15 is 0 Å². The fourth-order valence-electron chi connectivity index (χ4n) is 13.1. The molecule has 0 saturated carbocycles. The lowest BCUT2D eigenvalue weighted by Gasteiger charge is -2.40. The molecule has 1 aliphatic heterocycles. The summed E-state index contributed by atoms with van der Waals surface area (Å²) in [6.07, 6.45) is 0. The molecule has 12 aromatic rings. The first-order chi connectivity index (χ1) is 36.5. The van der Waals surface area contributed by atoms with Crippen LogP contribution in [0, 0.1) is 0 Å². The molecule has 0 bridgehead atoms. The van der Waals surface area contributed by atoms with Crippen LogP contribution in [-0.2, 0) is 10.8 Å². The molecule has 3 nitrogen and oxygen atoms in total. The van der Waals surface area contributed by atoms with Crippen molar-refractivity contribution in [2.24, 2.45) is 0 Å². The van der Waals surface area contributed by atoms with E-state index in [1.54, 1.807) is 0 Å². The van der Waals surface area contributed by atoms with Crippen LogP contribution in [0.2, 0.25) is 0 Å². The summed E-state index contributed by atoms with van der Waals surface area (Å²) in [6.45, 7) is 4.72. The summed E-state index contributed by atoms with van der Waals surface area (Å²) in [7, 11) is 0. The number of rotatable bonds is 7. The van der Waals surface area contributed by atoms with Crippen molar-refractivity contribution in [2.75, 3.05) is 9.80 Å². The zero-order valence-electron chi connectivity index (χ0n) is 41.1. The van der Waals surface area contributed by atoms with E-state index in [-0.39, 0.29) is 5.41 Å². The highest BCUT2D eigenvalue weighted by atomic mass is 32.2. The maximum absolute atomic E-state index is 2.49. The van der Waals surface area contributed by atoms with Gasteiger partial charge in [-0.3, -0.25) is 0 Å². The molecule has 1 aromatic heterocycles. The van der Waals surface area contributed by atoms with E-state index < -0.39 is 5.41 Å². The van der Waals surface area contributed by atoms with Crippen LogP contribution >= 0.6 is 11.8 Å². The van der Waals surface area contributed by atoms with Crippen LogP contribution in [0.3, 0.4) is 0 Å². The highest BCUT2D eigenvalue weighted by Crippen LogP contribution is 2.65. The van der Waals surface area contributed by atoms with Gasteiger partial charge in [0, 0.05) is 60.1 Å². The number of anilines is 6. The van der Waals surface area contributed by atoms with Crippen LogP contribution in [0.1, 0.15) is 47.2 Å². The predicted molar refractivity (Wildman–Crippen MR) is 309 cm³/mol. The Labute approximate surface area is 436 Å². The van der Waals surface area contributed by atoms with Gasteiger partial charge in [-0.05, 0) is 147 Å². The molecule has 350 valence electrons. The minimum Gasteiger partial charge on any atom is -0.310 e. The second kappa shape index (κ2) is 16.3. The van der Waals surface area contributed by atoms with Crippen molar-refractivity contribution in [1.82, 2.24) is 4.57 Å². The third-order valence-electron chi connectivity index (χ3n) is 16.2. The second-order valence-electron chi connectivity index (χ2n) is 20.4. The van der Waals surface area contributed by atoms with Crippen molar-refractivity contribution in [3.05, 3.63) is 294 Å². The van der Waals surface area contributed by atoms with Crippen molar-refractivity contribution >= 4 is 67.7 Å². The van der Waals surface area contributed by atoms with Gasteiger partial charge in [0.15, 0.2) is 0 Å². The molecule has 74 heavy (non-hydrogen) atoms. The molecule has 2 aliphatic carbocycles. The van der Waals surface area contributed by atoms with E-state index in [1.165, 1.54) is 81.7 Å². The summed E-state index contributed by atoms with van der Waals surface area (Å²) in [5, 5.41) is 2.46. The van der Waals surface area contributed by atoms with Crippen LogP contribution in [-0.4, -0.2) is 4.57 Å². The highest BCUT2D eigenvalue weighted by Gasteiger charge is 2.51. The first kappa shape index (κ1) is 42.8. The molecule has 1 spiro atoms. The number of hydrogen-bond acceptors (Lipinski definition) is 3. The quantitative estimate of drug-likeness (QED) is 0.158. The first-order valence-corrected chi connectivity index (χ1v) is 26.5. The summed E-state index contributed by atoms with van der Waals surface area (Å²) in [5.41, 5.74) is 22.7. The summed E-state index contributed by atoms with van der Waals surface area (Å²) in [4.78, 5) is 7.42. The Bertz CT molecular complexity index is 4110. The molecule has 0 amide bonds. The van der Waals surface area contributed by atoms with E-state index in [0.29, 0.717) is 0 Å². The van der Waals surface area contributed by atoms with Crippen LogP contribution in [0.5, 0.6) is 0 Å². The van der Waals surface area contributed by atoms with E-state index in [9.17, 15) is 0 Å². The predicted octanol–water partition coefficient (Wildman–Crippen LogP) is 18.9. The second-order valence-corrected chi connectivity index (χ2v) is 21.4. The molecule has 4 heteroatoms. The van der Waals surface area contributed by atoms with Crippen LogP contribution in [0.15, 0.2) is 271 Å². The normalized spacial score (nSPS) is 14.0. The topological polar surface area (TPSA) is 11.4 Å². The summed E-state index contributed by atoms with van der Waals surface area (Å²) < 4.78 is 2.49. The minimum absolute atomic E-state index is 0.0892. The molecule has 2 heterocycles. The fourth-order valence-corrected chi connectivity index (χ4v) is 14.5. The molecule has 0 fully saturated rings. The largest absolute Gasteiger partial charge is 0.310 e. The maximum Gasteiger partial charge on any atom is 0.0735 e. The summed E-state index contributed by atoms with van der Waals surface area (Å²) >= 11 is 1.93. The van der Waals surface area contributed by atoms with Gasteiger partial charge < -0.3 is 14.4 Å². The lowest BCUT2D eigenvalue weighted by Crippen LogP contribution is -2.32. The van der Waals surface area contributed by atoms with Crippen molar-refractivity contribution < 1.29 is 0 Å². The molecule has 3 aliphatic rings. The standard InChI is InChI=1S/C70H49N3S/c1-69(2)56-33-18-15-32-54(56)55-44-50(38-40-57(55)69)71(46-22-7-3-8-23-46)51-39-41-60-65(45-51)74-68-61(70(60)58-34-19-16-30-52(58)53-31-17-20-35-59(53)70)42-43-64-67(68)66-62(36-21-37-63(66)73(64)49-28-13-6-14-29-49)72(47-24-9-4-10-25-47)48-26-11-5-12-27-48/h3-45H,1-2H3. The number of para-hydroxylation sites is 4.